The third-order valence-corrected chi connectivity index (χ3v) is 5.80. The Labute approximate surface area is 135 Å². The van der Waals surface area contributed by atoms with Crippen molar-refractivity contribution < 1.29 is 18.0 Å². The molecule has 23 heavy (non-hydrogen) atoms. The molecule has 1 aliphatic heterocycles. The van der Waals surface area contributed by atoms with Gasteiger partial charge in [0.2, 0.25) is 21.8 Å². The number of carbonyl (C=O) groups excluding carboxylic acids is 2. The number of sulfonamides is 1. The monoisotopic (exact) mass is 339 g/mol. The molecule has 1 fully saturated rings. The largest absolute Gasteiger partial charge is 0.366 e. The van der Waals surface area contributed by atoms with Crippen LogP contribution in [0.15, 0.2) is 24.3 Å². The number of nitrogens with zero attached hydrogens (tertiary/aromatic N) is 1. The Hall–Kier alpha value is -1.93. The molecule has 1 aromatic carbocycles. The van der Waals surface area contributed by atoms with Crippen LogP contribution >= 0.6 is 0 Å². The lowest BCUT2D eigenvalue weighted by Crippen LogP contribution is -2.44. The molecule has 1 aromatic rings. The Kier molecular flexibility index (Phi) is 5.38. The third-order valence-electron chi connectivity index (χ3n) is 3.95. The fourth-order valence-electron chi connectivity index (χ4n) is 2.55. The van der Waals surface area contributed by atoms with E-state index in [1.807, 2.05) is 0 Å². The number of hydrogen-bond acceptors (Lipinski definition) is 4. The molecule has 0 aromatic heterocycles. The Bertz CT molecular complexity index is 685. The van der Waals surface area contributed by atoms with E-state index < -0.39 is 15.9 Å². The lowest BCUT2D eigenvalue weighted by Gasteiger charge is -2.30. The maximum atomic E-state index is 12.3. The summed E-state index contributed by atoms with van der Waals surface area (Å²) in [6.45, 7) is 2.27. The van der Waals surface area contributed by atoms with Gasteiger partial charge < -0.3 is 11.1 Å². The van der Waals surface area contributed by atoms with E-state index in [2.05, 4.69) is 5.32 Å². The van der Waals surface area contributed by atoms with Gasteiger partial charge in [0, 0.05) is 24.3 Å². The third kappa shape index (κ3) is 4.29. The van der Waals surface area contributed by atoms with E-state index in [9.17, 15) is 18.0 Å². The Morgan fingerprint density at radius 3 is 2.52 bits per heavy atom. The quantitative estimate of drug-likeness (QED) is 0.826. The number of nitrogens with two attached hydrogens (primary N) is 1. The van der Waals surface area contributed by atoms with Crippen molar-refractivity contribution in [2.75, 3.05) is 24.2 Å². The summed E-state index contributed by atoms with van der Waals surface area (Å²) in [5.74, 6) is -1.08. The smallest absolute Gasteiger partial charge is 0.248 e. The first kappa shape index (κ1) is 17.4. The van der Waals surface area contributed by atoms with Crippen LogP contribution in [0.4, 0.5) is 5.69 Å². The zero-order valence-electron chi connectivity index (χ0n) is 13.0. The molecule has 1 saturated heterocycles. The summed E-state index contributed by atoms with van der Waals surface area (Å²) >= 11 is 0. The van der Waals surface area contributed by atoms with Crippen molar-refractivity contribution in [2.45, 2.75) is 19.8 Å². The highest BCUT2D eigenvalue weighted by atomic mass is 32.2. The second kappa shape index (κ2) is 7.10. The summed E-state index contributed by atoms with van der Waals surface area (Å²) in [5, 5.41) is 2.76. The first-order valence-corrected chi connectivity index (χ1v) is 9.13. The number of rotatable bonds is 5. The Morgan fingerprint density at radius 1 is 1.30 bits per heavy atom. The molecule has 0 spiro atoms. The molecular formula is C15H21N3O4S. The highest BCUT2D eigenvalue weighted by Gasteiger charge is 2.31. The van der Waals surface area contributed by atoms with Crippen LogP contribution in [-0.4, -0.2) is 43.4 Å². The number of benzene rings is 1. The van der Waals surface area contributed by atoms with Gasteiger partial charge in [-0.2, -0.15) is 0 Å². The standard InChI is InChI=1S/C15H21N3O4S/c1-2-23(21,22)18-9-3-4-12(10-18)15(20)17-13-7-5-11(6-8-13)14(16)19/h5-8,12H,2-4,9-10H2,1H3,(H2,16,19)(H,17,20). The number of nitrogens with one attached hydrogen (secondary N) is 1. The van der Waals surface area contributed by atoms with E-state index in [1.165, 1.54) is 16.4 Å². The first-order chi connectivity index (χ1) is 10.8. The maximum Gasteiger partial charge on any atom is 0.248 e. The summed E-state index contributed by atoms with van der Waals surface area (Å²) in [7, 11) is -3.27. The van der Waals surface area contributed by atoms with Crippen LogP contribution in [-0.2, 0) is 14.8 Å². The number of anilines is 1. The highest BCUT2D eigenvalue weighted by molar-refractivity contribution is 7.89. The average Bonchev–Trinajstić information content (AvgIpc) is 2.55. The zero-order valence-corrected chi connectivity index (χ0v) is 13.8. The topological polar surface area (TPSA) is 110 Å². The molecule has 0 saturated carbocycles. The van der Waals surface area contributed by atoms with Crippen molar-refractivity contribution in [2.24, 2.45) is 11.7 Å². The second-order valence-electron chi connectivity index (χ2n) is 5.53. The van der Waals surface area contributed by atoms with E-state index >= 15 is 0 Å². The molecule has 0 bridgehead atoms. The molecule has 126 valence electrons. The van der Waals surface area contributed by atoms with Gasteiger partial charge in [0.05, 0.1) is 11.7 Å². The first-order valence-electron chi connectivity index (χ1n) is 7.52. The fraction of sp³-hybridized carbons (Fsp3) is 0.467. The molecule has 1 unspecified atom stereocenters. The van der Waals surface area contributed by atoms with Gasteiger partial charge in [-0.3, -0.25) is 9.59 Å². The van der Waals surface area contributed by atoms with Gasteiger partial charge >= 0.3 is 0 Å². The minimum atomic E-state index is -3.27. The summed E-state index contributed by atoms with van der Waals surface area (Å²) < 4.78 is 25.3. The molecular weight excluding hydrogens is 318 g/mol. The molecule has 0 radical (unpaired) electrons. The second-order valence-corrected chi connectivity index (χ2v) is 7.79. The molecule has 0 aliphatic carbocycles. The van der Waals surface area contributed by atoms with Crippen LogP contribution in [0.3, 0.4) is 0 Å². The van der Waals surface area contributed by atoms with E-state index in [0.717, 1.165) is 0 Å². The normalized spacial score (nSPS) is 19.3. The number of carbonyl (C=O) groups is 2. The van der Waals surface area contributed by atoms with Crippen molar-refractivity contribution in [3.05, 3.63) is 29.8 Å². The Balaban J connectivity index is 2.01. The summed E-state index contributed by atoms with van der Waals surface area (Å²) in [4.78, 5) is 23.3. The van der Waals surface area contributed by atoms with Gasteiger partial charge in [-0.25, -0.2) is 12.7 Å². The SMILES string of the molecule is CCS(=O)(=O)N1CCCC(C(=O)Nc2ccc(C(N)=O)cc2)C1. The number of amides is 2. The van der Waals surface area contributed by atoms with Gasteiger partial charge in [0.25, 0.3) is 0 Å². The Morgan fingerprint density at radius 2 is 1.96 bits per heavy atom. The van der Waals surface area contributed by atoms with E-state index in [1.54, 1.807) is 19.1 Å². The maximum absolute atomic E-state index is 12.3. The molecule has 3 N–H and O–H groups in total. The van der Waals surface area contributed by atoms with Crippen molar-refractivity contribution in [1.29, 1.82) is 0 Å². The minimum Gasteiger partial charge on any atom is -0.366 e. The van der Waals surface area contributed by atoms with Gasteiger partial charge in [-0.05, 0) is 44.0 Å². The lowest BCUT2D eigenvalue weighted by molar-refractivity contribution is -0.120. The van der Waals surface area contributed by atoms with Gasteiger partial charge in [-0.1, -0.05) is 0 Å². The van der Waals surface area contributed by atoms with Gasteiger partial charge in [0.1, 0.15) is 0 Å². The predicted octanol–water partition coefficient (Wildman–Crippen LogP) is 0.786. The van der Waals surface area contributed by atoms with E-state index in [0.29, 0.717) is 30.6 Å². The summed E-state index contributed by atoms with van der Waals surface area (Å²) in [5.41, 5.74) is 6.08. The molecule has 2 amide bonds. The van der Waals surface area contributed by atoms with Crippen LogP contribution in [0.5, 0.6) is 0 Å². The van der Waals surface area contributed by atoms with Crippen molar-refractivity contribution in [3.63, 3.8) is 0 Å². The van der Waals surface area contributed by atoms with Crippen LogP contribution in [0.1, 0.15) is 30.1 Å². The fourth-order valence-corrected chi connectivity index (χ4v) is 3.73. The minimum absolute atomic E-state index is 0.0376. The molecule has 2 rings (SSSR count). The van der Waals surface area contributed by atoms with Gasteiger partial charge in [0.15, 0.2) is 0 Å². The molecule has 7 nitrogen and oxygen atoms in total. The average molecular weight is 339 g/mol. The molecule has 1 atom stereocenters. The van der Waals surface area contributed by atoms with Crippen molar-refractivity contribution >= 4 is 27.5 Å². The van der Waals surface area contributed by atoms with Gasteiger partial charge in [-0.15, -0.1) is 0 Å². The van der Waals surface area contributed by atoms with Crippen molar-refractivity contribution in [1.82, 2.24) is 4.31 Å². The van der Waals surface area contributed by atoms with E-state index in [4.69, 9.17) is 5.73 Å². The summed E-state index contributed by atoms with van der Waals surface area (Å²) in [6, 6.07) is 6.27. The highest BCUT2D eigenvalue weighted by Crippen LogP contribution is 2.21. The number of hydrogen-bond donors (Lipinski definition) is 2. The summed E-state index contributed by atoms with van der Waals surface area (Å²) in [6.07, 6.45) is 1.32. The van der Waals surface area contributed by atoms with Crippen LogP contribution in [0.2, 0.25) is 0 Å². The van der Waals surface area contributed by atoms with Crippen LogP contribution in [0, 0.1) is 5.92 Å². The zero-order chi connectivity index (χ0) is 17.0. The van der Waals surface area contributed by atoms with Crippen LogP contribution in [0.25, 0.3) is 0 Å². The number of primary amides is 1. The molecule has 8 heteroatoms. The predicted molar refractivity (Wildman–Crippen MR) is 87.3 cm³/mol. The van der Waals surface area contributed by atoms with Crippen LogP contribution < -0.4 is 11.1 Å². The van der Waals surface area contributed by atoms with Crippen molar-refractivity contribution in [3.8, 4) is 0 Å². The molecule has 1 heterocycles. The number of piperidine rings is 1. The lowest BCUT2D eigenvalue weighted by atomic mass is 9.98. The van der Waals surface area contributed by atoms with E-state index in [-0.39, 0.29) is 24.1 Å². The molecule has 1 aliphatic rings.